The number of aromatic nitrogens is 1. The lowest BCUT2D eigenvalue weighted by Gasteiger charge is -2.42. The van der Waals surface area contributed by atoms with Gasteiger partial charge in [0, 0.05) is 25.3 Å². The summed E-state index contributed by atoms with van der Waals surface area (Å²) in [5, 5.41) is 3.44. The number of morpholine rings is 1. The van der Waals surface area contributed by atoms with Crippen LogP contribution in [0.4, 0.5) is 5.82 Å². The molecule has 0 amide bonds. The van der Waals surface area contributed by atoms with E-state index >= 15 is 0 Å². The van der Waals surface area contributed by atoms with Crippen LogP contribution in [0.25, 0.3) is 0 Å². The number of aryl methyl sites for hydroxylation is 1. The maximum absolute atomic E-state index is 5.97. The molecule has 4 nitrogen and oxygen atoms in total. The van der Waals surface area contributed by atoms with Gasteiger partial charge < -0.3 is 15.0 Å². The van der Waals surface area contributed by atoms with Crippen molar-refractivity contribution in [2.75, 3.05) is 24.5 Å². The molecule has 1 aromatic rings. The highest BCUT2D eigenvalue weighted by Gasteiger charge is 2.31. The average Bonchev–Trinajstić information content (AvgIpc) is 2.38. The normalized spacial score (nSPS) is 21.6. The Labute approximate surface area is 128 Å². The maximum Gasteiger partial charge on any atom is 0.128 e. The quantitative estimate of drug-likeness (QED) is 0.847. The van der Waals surface area contributed by atoms with Crippen LogP contribution in [-0.2, 0) is 11.3 Å². The lowest BCUT2D eigenvalue weighted by Crippen LogP contribution is -2.52. The van der Waals surface area contributed by atoms with Crippen molar-refractivity contribution in [3.8, 4) is 0 Å². The number of hydrogen-bond acceptors (Lipinski definition) is 4. The molecule has 2 heterocycles. The summed E-state index contributed by atoms with van der Waals surface area (Å²) in [6.07, 6.45) is 1.40. The van der Waals surface area contributed by atoms with E-state index in [-0.39, 0.29) is 11.7 Å². The van der Waals surface area contributed by atoms with E-state index in [0.717, 1.165) is 44.1 Å². The molecule has 2 rings (SSSR count). The molecule has 1 N–H and O–H groups in total. The fourth-order valence-electron chi connectivity index (χ4n) is 2.97. The number of anilines is 1. The fraction of sp³-hybridized carbons (Fsp3) is 0.706. The van der Waals surface area contributed by atoms with Gasteiger partial charge in [-0.15, -0.1) is 0 Å². The molecule has 118 valence electrons. The Bertz CT molecular complexity index is 473. The maximum atomic E-state index is 5.97. The van der Waals surface area contributed by atoms with Gasteiger partial charge in [-0.1, -0.05) is 13.0 Å². The molecular formula is C17H29N3O. The van der Waals surface area contributed by atoms with Gasteiger partial charge >= 0.3 is 0 Å². The Morgan fingerprint density at radius 3 is 2.81 bits per heavy atom. The van der Waals surface area contributed by atoms with Crippen molar-refractivity contribution in [3.63, 3.8) is 0 Å². The average molecular weight is 291 g/mol. The topological polar surface area (TPSA) is 37.4 Å². The molecule has 1 atom stereocenters. The van der Waals surface area contributed by atoms with Gasteiger partial charge in [0.1, 0.15) is 5.82 Å². The lowest BCUT2D eigenvalue weighted by atomic mass is 10.1. The fourth-order valence-corrected chi connectivity index (χ4v) is 2.97. The van der Waals surface area contributed by atoms with E-state index in [0.29, 0.717) is 0 Å². The van der Waals surface area contributed by atoms with Crippen LogP contribution in [0.3, 0.4) is 0 Å². The number of pyridine rings is 1. The zero-order valence-corrected chi connectivity index (χ0v) is 14.1. The Balaban J connectivity index is 2.08. The second kappa shape index (κ2) is 6.75. The van der Waals surface area contributed by atoms with Gasteiger partial charge in [-0.25, -0.2) is 4.98 Å². The standard InChI is InChI=1S/C17H29N3O/c1-6-9-18-10-15-7-8-16(19-14(15)3)20-11-13(2)21-17(4,5)12-20/h7-8,13,18H,6,9-12H2,1-5H3. The molecule has 21 heavy (non-hydrogen) atoms. The predicted molar refractivity (Wildman–Crippen MR) is 87.8 cm³/mol. The molecule has 4 heteroatoms. The summed E-state index contributed by atoms with van der Waals surface area (Å²) < 4.78 is 5.97. The van der Waals surface area contributed by atoms with E-state index in [2.05, 4.69) is 57.0 Å². The minimum atomic E-state index is -0.116. The predicted octanol–water partition coefficient (Wildman–Crippen LogP) is 2.89. The van der Waals surface area contributed by atoms with Crippen LogP contribution in [0.15, 0.2) is 12.1 Å². The molecule has 0 aliphatic carbocycles. The number of hydrogen-bond donors (Lipinski definition) is 1. The molecule has 1 fully saturated rings. The van der Waals surface area contributed by atoms with E-state index in [1.165, 1.54) is 5.56 Å². The third-order valence-electron chi connectivity index (χ3n) is 3.82. The Morgan fingerprint density at radius 2 is 2.19 bits per heavy atom. The van der Waals surface area contributed by atoms with Gasteiger partial charge in [-0.2, -0.15) is 0 Å². The summed E-state index contributed by atoms with van der Waals surface area (Å²) in [7, 11) is 0. The summed E-state index contributed by atoms with van der Waals surface area (Å²) in [5.41, 5.74) is 2.29. The first kappa shape index (κ1) is 16.2. The molecule has 1 aliphatic rings. The SMILES string of the molecule is CCCNCc1ccc(N2CC(C)OC(C)(C)C2)nc1C. The van der Waals surface area contributed by atoms with E-state index in [9.17, 15) is 0 Å². The monoisotopic (exact) mass is 291 g/mol. The molecule has 0 radical (unpaired) electrons. The molecule has 0 bridgehead atoms. The minimum absolute atomic E-state index is 0.116. The van der Waals surface area contributed by atoms with Crippen molar-refractivity contribution in [2.24, 2.45) is 0 Å². The first-order valence-electron chi connectivity index (χ1n) is 8.01. The summed E-state index contributed by atoms with van der Waals surface area (Å²) in [6.45, 7) is 14.4. The highest BCUT2D eigenvalue weighted by atomic mass is 16.5. The van der Waals surface area contributed by atoms with Gasteiger partial charge in [0.05, 0.1) is 11.7 Å². The summed E-state index contributed by atoms with van der Waals surface area (Å²) in [6, 6.07) is 4.34. The van der Waals surface area contributed by atoms with Gasteiger partial charge in [0.25, 0.3) is 0 Å². The first-order valence-corrected chi connectivity index (χ1v) is 8.01. The third-order valence-corrected chi connectivity index (χ3v) is 3.82. The van der Waals surface area contributed by atoms with Crippen LogP contribution in [-0.4, -0.2) is 36.3 Å². The van der Waals surface area contributed by atoms with Crippen molar-refractivity contribution in [3.05, 3.63) is 23.4 Å². The zero-order chi connectivity index (χ0) is 15.5. The van der Waals surface area contributed by atoms with Crippen LogP contribution in [0.2, 0.25) is 0 Å². The second-order valence-electron chi connectivity index (χ2n) is 6.66. The first-order chi connectivity index (χ1) is 9.91. The van der Waals surface area contributed by atoms with Gasteiger partial charge in [-0.3, -0.25) is 0 Å². The summed E-state index contributed by atoms with van der Waals surface area (Å²) in [4.78, 5) is 7.14. The van der Waals surface area contributed by atoms with Crippen LogP contribution in [0.5, 0.6) is 0 Å². The Hall–Kier alpha value is -1.13. The third kappa shape index (κ3) is 4.42. The van der Waals surface area contributed by atoms with E-state index in [1.807, 2.05) is 0 Å². The van der Waals surface area contributed by atoms with Crippen molar-refractivity contribution < 1.29 is 4.74 Å². The molecule has 1 aromatic heterocycles. The molecular weight excluding hydrogens is 262 g/mol. The molecule has 0 saturated carbocycles. The summed E-state index contributed by atoms with van der Waals surface area (Å²) in [5.74, 6) is 1.06. The molecule has 0 spiro atoms. The molecule has 1 unspecified atom stereocenters. The number of nitrogens with one attached hydrogen (secondary N) is 1. The molecule has 0 aromatic carbocycles. The molecule has 1 saturated heterocycles. The largest absolute Gasteiger partial charge is 0.369 e. The second-order valence-corrected chi connectivity index (χ2v) is 6.66. The highest BCUT2D eigenvalue weighted by Crippen LogP contribution is 2.25. The number of ether oxygens (including phenoxy) is 1. The van der Waals surface area contributed by atoms with E-state index in [1.54, 1.807) is 0 Å². The van der Waals surface area contributed by atoms with Crippen molar-refractivity contribution in [2.45, 2.75) is 59.3 Å². The van der Waals surface area contributed by atoms with Crippen molar-refractivity contribution in [1.82, 2.24) is 10.3 Å². The van der Waals surface area contributed by atoms with Crippen molar-refractivity contribution >= 4 is 5.82 Å². The van der Waals surface area contributed by atoms with Crippen molar-refractivity contribution in [1.29, 1.82) is 0 Å². The highest BCUT2D eigenvalue weighted by molar-refractivity contribution is 5.42. The van der Waals surface area contributed by atoms with Crippen LogP contribution >= 0.6 is 0 Å². The van der Waals surface area contributed by atoms with E-state index in [4.69, 9.17) is 9.72 Å². The van der Waals surface area contributed by atoms with Crippen LogP contribution < -0.4 is 10.2 Å². The Morgan fingerprint density at radius 1 is 1.43 bits per heavy atom. The zero-order valence-electron chi connectivity index (χ0n) is 14.1. The van der Waals surface area contributed by atoms with Crippen LogP contribution in [0.1, 0.15) is 45.4 Å². The molecule has 1 aliphatic heterocycles. The number of nitrogens with zero attached hydrogens (tertiary/aromatic N) is 2. The van der Waals surface area contributed by atoms with Gasteiger partial charge in [0.2, 0.25) is 0 Å². The van der Waals surface area contributed by atoms with Gasteiger partial charge in [0.15, 0.2) is 0 Å². The smallest absolute Gasteiger partial charge is 0.128 e. The van der Waals surface area contributed by atoms with Crippen LogP contribution in [0, 0.1) is 6.92 Å². The lowest BCUT2D eigenvalue weighted by molar-refractivity contribution is -0.0751. The summed E-state index contributed by atoms with van der Waals surface area (Å²) >= 11 is 0. The minimum Gasteiger partial charge on any atom is -0.369 e. The van der Waals surface area contributed by atoms with Gasteiger partial charge in [-0.05, 0) is 52.3 Å². The van der Waals surface area contributed by atoms with E-state index < -0.39 is 0 Å². The Kier molecular flexibility index (Phi) is 5.22. The number of rotatable bonds is 5.